The first kappa shape index (κ1) is 25.7. The third-order valence-corrected chi connectivity index (χ3v) is 9.70. The molecule has 0 unspecified atom stereocenters. The van der Waals surface area contributed by atoms with E-state index in [0.29, 0.717) is 21.6 Å². The molecule has 4 aliphatic rings. The molecule has 0 aliphatic heterocycles. The molecular weight excluding hydrogens is 523 g/mol. The van der Waals surface area contributed by atoms with Crippen molar-refractivity contribution in [3.63, 3.8) is 0 Å². The molecule has 7 rings (SSSR count). The molecule has 0 amide bonds. The highest BCUT2D eigenvalue weighted by atomic mass is 35.5. The van der Waals surface area contributed by atoms with Crippen LogP contribution in [0.15, 0.2) is 42.5 Å². The van der Waals surface area contributed by atoms with Gasteiger partial charge in [-0.1, -0.05) is 46.9 Å². The van der Waals surface area contributed by atoms with E-state index < -0.39 is 0 Å². The van der Waals surface area contributed by atoms with Crippen LogP contribution in [0.5, 0.6) is 0 Å². The third kappa shape index (κ3) is 5.33. The number of nitrogens with zero attached hydrogens (tertiary/aromatic N) is 2. The summed E-state index contributed by atoms with van der Waals surface area (Å²) >= 11 is 18.9. The maximum absolute atomic E-state index is 6.59. The fraction of sp³-hybridized carbons (Fsp3) is 0.500. The molecule has 37 heavy (non-hydrogen) atoms. The molecule has 0 atom stereocenters. The molecule has 1 heterocycles. The van der Waals surface area contributed by atoms with Gasteiger partial charge in [0.05, 0.1) is 22.1 Å². The molecule has 2 N–H and O–H groups in total. The highest BCUT2D eigenvalue weighted by molar-refractivity contribution is 6.35. The van der Waals surface area contributed by atoms with Gasteiger partial charge in [0, 0.05) is 28.2 Å². The Hall–Kier alpha value is -1.56. The normalized spacial score (nSPS) is 26.2. The summed E-state index contributed by atoms with van der Waals surface area (Å²) in [5.74, 6) is 3.93. The van der Waals surface area contributed by atoms with E-state index in [1.54, 1.807) is 6.07 Å². The molecule has 7 heteroatoms. The molecule has 0 radical (unpaired) electrons. The Labute approximate surface area is 235 Å². The van der Waals surface area contributed by atoms with E-state index >= 15 is 0 Å². The van der Waals surface area contributed by atoms with Crippen molar-refractivity contribution >= 4 is 34.8 Å². The average molecular weight is 558 g/mol. The predicted molar refractivity (Wildman–Crippen MR) is 154 cm³/mol. The van der Waals surface area contributed by atoms with Gasteiger partial charge in [0.25, 0.3) is 0 Å². The van der Waals surface area contributed by atoms with Crippen molar-refractivity contribution in [2.45, 2.75) is 58.0 Å². The lowest BCUT2D eigenvalue weighted by Crippen LogP contribution is -2.54. The van der Waals surface area contributed by atoms with E-state index in [0.717, 1.165) is 77.4 Å². The second kappa shape index (κ2) is 10.9. The van der Waals surface area contributed by atoms with Gasteiger partial charge in [0.15, 0.2) is 0 Å². The second-order valence-corrected chi connectivity index (χ2v) is 12.7. The van der Waals surface area contributed by atoms with Crippen LogP contribution >= 0.6 is 34.8 Å². The highest BCUT2D eigenvalue weighted by Crippen LogP contribution is 2.53. The first-order chi connectivity index (χ1) is 18.0. The minimum absolute atomic E-state index is 0.570. The van der Waals surface area contributed by atoms with Crippen molar-refractivity contribution in [1.82, 2.24) is 20.4 Å². The predicted octanol–water partition coefficient (Wildman–Crippen LogP) is 7.70. The van der Waals surface area contributed by atoms with Crippen LogP contribution in [0.1, 0.15) is 49.8 Å². The van der Waals surface area contributed by atoms with Gasteiger partial charge in [-0.3, -0.25) is 0 Å². The lowest BCUT2D eigenvalue weighted by atomic mass is 9.54. The Morgan fingerprint density at radius 1 is 0.865 bits per heavy atom. The molecule has 4 aliphatic carbocycles. The zero-order valence-electron chi connectivity index (χ0n) is 21.3. The Kier molecular flexibility index (Phi) is 7.57. The topological polar surface area (TPSA) is 41.9 Å². The van der Waals surface area contributed by atoms with Crippen LogP contribution in [-0.4, -0.2) is 28.9 Å². The number of aromatic nitrogens is 2. The first-order valence-electron chi connectivity index (χ1n) is 13.7. The SMILES string of the molecule is Cc1c(CNCCCNC2[C@H]3C[C@@H]4C[C@@H](C[C@H]2C4)C3)nn(-c2ccc(Cl)cc2Cl)c1-c1ccc(Cl)cc1. The highest BCUT2D eigenvalue weighted by Gasteiger charge is 2.47. The summed E-state index contributed by atoms with van der Waals surface area (Å²) in [4.78, 5) is 0. The van der Waals surface area contributed by atoms with Gasteiger partial charge >= 0.3 is 0 Å². The molecular formula is C30H35Cl3N4. The molecule has 0 spiro atoms. The minimum atomic E-state index is 0.570. The fourth-order valence-corrected chi connectivity index (χ4v) is 8.05. The van der Waals surface area contributed by atoms with E-state index in [1.807, 2.05) is 41.1 Å². The Bertz CT molecular complexity index is 1220. The van der Waals surface area contributed by atoms with Crippen LogP contribution in [-0.2, 0) is 6.54 Å². The lowest BCUT2D eigenvalue weighted by molar-refractivity contribution is -0.0135. The maximum atomic E-state index is 6.59. The standard InChI is InChI=1S/C30H35Cl3N4/c1-18-27(17-34-9-2-10-35-29-22-12-19-11-20(14-22)15-23(29)13-19)36-37(28-8-7-25(32)16-26(28)33)30(18)21-3-5-24(31)6-4-21/h3-8,16,19-20,22-23,29,34-35H,2,9-15,17H2,1H3/t19-,20+,22-,23+,29?. The summed E-state index contributed by atoms with van der Waals surface area (Å²) in [5.41, 5.74) is 5.02. The summed E-state index contributed by atoms with van der Waals surface area (Å²) in [6.07, 6.45) is 8.52. The number of benzene rings is 2. The molecule has 4 nitrogen and oxygen atoms in total. The molecule has 1 aromatic heterocycles. The summed E-state index contributed by atoms with van der Waals surface area (Å²) < 4.78 is 1.93. The van der Waals surface area contributed by atoms with Gasteiger partial charge in [-0.25, -0.2) is 4.68 Å². The minimum Gasteiger partial charge on any atom is -0.313 e. The van der Waals surface area contributed by atoms with Gasteiger partial charge < -0.3 is 10.6 Å². The van der Waals surface area contributed by atoms with Crippen molar-refractivity contribution in [2.24, 2.45) is 23.7 Å². The number of nitrogens with one attached hydrogen (secondary N) is 2. The van der Waals surface area contributed by atoms with Gasteiger partial charge in [0.2, 0.25) is 0 Å². The van der Waals surface area contributed by atoms with Gasteiger partial charge in [-0.2, -0.15) is 5.10 Å². The van der Waals surface area contributed by atoms with Gasteiger partial charge in [-0.05, 0) is 118 Å². The zero-order chi connectivity index (χ0) is 25.5. The maximum Gasteiger partial charge on any atom is 0.0840 e. The van der Waals surface area contributed by atoms with Crippen molar-refractivity contribution < 1.29 is 0 Å². The Morgan fingerprint density at radius 2 is 1.54 bits per heavy atom. The molecule has 2 aromatic carbocycles. The van der Waals surface area contributed by atoms with E-state index in [1.165, 1.54) is 32.1 Å². The smallest absolute Gasteiger partial charge is 0.0840 e. The van der Waals surface area contributed by atoms with E-state index in [4.69, 9.17) is 39.9 Å². The number of hydrogen-bond acceptors (Lipinski definition) is 3. The largest absolute Gasteiger partial charge is 0.313 e. The van der Waals surface area contributed by atoms with Crippen LogP contribution in [0.2, 0.25) is 15.1 Å². The molecule has 4 saturated carbocycles. The van der Waals surface area contributed by atoms with Gasteiger partial charge in [-0.15, -0.1) is 0 Å². The molecule has 4 fully saturated rings. The second-order valence-electron chi connectivity index (χ2n) is 11.4. The summed E-state index contributed by atoms with van der Waals surface area (Å²) in [5, 5.41) is 14.5. The van der Waals surface area contributed by atoms with E-state index in [9.17, 15) is 0 Å². The third-order valence-electron chi connectivity index (χ3n) is 8.91. The molecule has 4 bridgehead atoms. The van der Waals surface area contributed by atoms with Gasteiger partial charge in [0.1, 0.15) is 0 Å². The van der Waals surface area contributed by atoms with E-state index in [2.05, 4.69) is 17.6 Å². The quantitative estimate of drug-likeness (QED) is 0.265. The lowest BCUT2D eigenvalue weighted by Gasteiger charge is -2.54. The molecule has 196 valence electrons. The van der Waals surface area contributed by atoms with Crippen LogP contribution < -0.4 is 10.6 Å². The molecule has 3 aromatic rings. The van der Waals surface area contributed by atoms with Crippen LogP contribution in [0.3, 0.4) is 0 Å². The molecule has 0 saturated heterocycles. The summed E-state index contributed by atoms with van der Waals surface area (Å²) in [6, 6.07) is 14.2. The van der Waals surface area contributed by atoms with Crippen molar-refractivity contribution in [3.8, 4) is 16.9 Å². The summed E-state index contributed by atoms with van der Waals surface area (Å²) in [6.45, 7) is 4.89. The number of hydrogen-bond donors (Lipinski definition) is 2. The monoisotopic (exact) mass is 556 g/mol. The van der Waals surface area contributed by atoms with E-state index in [-0.39, 0.29) is 0 Å². The first-order valence-corrected chi connectivity index (χ1v) is 14.8. The zero-order valence-corrected chi connectivity index (χ0v) is 23.6. The average Bonchev–Trinajstić information content (AvgIpc) is 3.18. The Morgan fingerprint density at radius 3 is 2.22 bits per heavy atom. The van der Waals surface area contributed by atoms with Crippen LogP contribution in [0.4, 0.5) is 0 Å². The fourth-order valence-electron chi connectivity index (χ4n) is 7.43. The summed E-state index contributed by atoms with van der Waals surface area (Å²) in [7, 11) is 0. The van der Waals surface area contributed by atoms with Crippen molar-refractivity contribution in [3.05, 3.63) is 68.8 Å². The number of halogens is 3. The van der Waals surface area contributed by atoms with Crippen molar-refractivity contribution in [1.29, 1.82) is 0 Å². The van der Waals surface area contributed by atoms with Crippen LogP contribution in [0.25, 0.3) is 16.9 Å². The Balaban J connectivity index is 1.10. The van der Waals surface area contributed by atoms with Crippen molar-refractivity contribution in [2.75, 3.05) is 13.1 Å². The number of rotatable bonds is 9. The van der Waals surface area contributed by atoms with Crippen LogP contribution in [0, 0.1) is 30.6 Å².